The van der Waals surface area contributed by atoms with E-state index in [0.717, 1.165) is 16.7 Å². The number of aryl methyl sites for hydroxylation is 2. The zero-order valence-corrected chi connectivity index (χ0v) is 18.9. The maximum atomic E-state index is 13.7. The van der Waals surface area contributed by atoms with E-state index in [-0.39, 0.29) is 12.1 Å². The number of pyridine rings is 1. The molecule has 1 N–H and O–H groups in total. The lowest BCUT2D eigenvalue weighted by molar-refractivity contribution is -0.141. The third-order valence-electron chi connectivity index (χ3n) is 4.62. The molecule has 0 bridgehead atoms. The molecule has 2 rings (SSSR count). The van der Waals surface area contributed by atoms with E-state index in [1.807, 2.05) is 32.0 Å². The molecule has 2 atom stereocenters. The van der Waals surface area contributed by atoms with Gasteiger partial charge in [0.25, 0.3) is 6.43 Å². The van der Waals surface area contributed by atoms with Gasteiger partial charge in [0.05, 0.1) is 19.2 Å². The van der Waals surface area contributed by atoms with Crippen molar-refractivity contribution < 1.29 is 22.9 Å². The highest BCUT2D eigenvalue weighted by Gasteiger charge is 2.32. The zero-order chi connectivity index (χ0) is 22.6. The van der Waals surface area contributed by atoms with E-state index >= 15 is 0 Å². The summed E-state index contributed by atoms with van der Waals surface area (Å²) in [6.07, 6.45) is -2.98. The molecule has 8 heteroatoms. The first-order valence-corrected chi connectivity index (χ1v) is 10.7. The van der Waals surface area contributed by atoms with E-state index in [1.165, 1.54) is 13.2 Å². The van der Waals surface area contributed by atoms with Crippen LogP contribution in [0.5, 0.6) is 0 Å². The Kier molecular flexibility index (Phi) is 7.96. The van der Waals surface area contributed by atoms with E-state index in [4.69, 9.17) is 4.74 Å². The number of benzene rings is 1. The maximum Gasteiger partial charge on any atom is 0.307 e. The molecule has 30 heavy (non-hydrogen) atoms. The number of halogens is 2. The van der Waals surface area contributed by atoms with Gasteiger partial charge in [-0.3, -0.25) is 4.79 Å². The number of carbonyl (C=O) groups is 1. The van der Waals surface area contributed by atoms with Gasteiger partial charge in [0.1, 0.15) is 16.5 Å². The normalized spacial score (nSPS) is 13.9. The van der Waals surface area contributed by atoms with Crippen LogP contribution < -0.4 is 4.72 Å². The Labute approximate surface area is 179 Å². The SMILES string of the molecule is COC(=O)C[C@H](N[S@+]([O-])C(C)(C)C)c1cc(-c2c(C)cccc2C)cc(C(F)F)n1. The van der Waals surface area contributed by atoms with Crippen molar-refractivity contribution in [3.63, 3.8) is 0 Å². The van der Waals surface area contributed by atoms with Crippen LogP contribution in [0.15, 0.2) is 30.3 Å². The summed E-state index contributed by atoms with van der Waals surface area (Å²) in [6, 6.07) is 7.89. The third kappa shape index (κ3) is 6.00. The number of methoxy groups -OCH3 is 1. The molecule has 0 fully saturated rings. The van der Waals surface area contributed by atoms with Crippen LogP contribution in [0.2, 0.25) is 0 Å². The second-order valence-corrected chi connectivity index (χ2v) is 10.1. The van der Waals surface area contributed by atoms with Crippen molar-refractivity contribution in [2.75, 3.05) is 7.11 Å². The Balaban J connectivity index is 2.62. The molecule has 1 aromatic heterocycles. The van der Waals surface area contributed by atoms with Gasteiger partial charge in [-0.1, -0.05) is 18.2 Å². The minimum absolute atomic E-state index is 0.190. The molecule has 2 aromatic rings. The Morgan fingerprint density at radius 2 is 1.77 bits per heavy atom. The van der Waals surface area contributed by atoms with Crippen molar-refractivity contribution in [2.24, 2.45) is 0 Å². The summed E-state index contributed by atoms with van der Waals surface area (Å²) < 4.78 is 47.0. The zero-order valence-electron chi connectivity index (χ0n) is 18.1. The second-order valence-electron chi connectivity index (χ2n) is 8.10. The molecule has 1 aromatic carbocycles. The monoisotopic (exact) mass is 438 g/mol. The Bertz CT molecular complexity index is 880. The lowest BCUT2D eigenvalue weighted by Crippen LogP contribution is -2.42. The third-order valence-corrected chi connectivity index (χ3v) is 6.23. The lowest BCUT2D eigenvalue weighted by Gasteiger charge is -2.27. The van der Waals surface area contributed by atoms with Crippen molar-refractivity contribution in [2.45, 2.75) is 58.3 Å². The standard InChI is InChI=1S/C22H28F2N2O3S/c1-13-8-7-9-14(2)20(13)15-10-16(25-18(11-15)21(23)24)17(12-19(27)29-6)26-30(28)22(3,4)5/h7-11,17,21,26H,12H2,1-6H3/t17-,30+/m0/s1. The van der Waals surface area contributed by atoms with Gasteiger partial charge in [0.15, 0.2) is 0 Å². The first kappa shape index (κ1) is 24.2. The quantitative estimate of drug-likeness (QED) is 0.489. The van der Waals surface area contributed by atoms with Crippen LogP contribution in [0.25, 0.3) is 11.1 Å². The fourth-order valence-electron chi connectivity index (χ4n) is 3.04. The van der Waals surface area contributed by atoms with E-state index in [2.05, 4.69) is 9.71 Å². The summed E-state index contributed by atoms with van der Waals surface area (Å²) in [5.74, 6) is -0.559. The molecule has 0 spiro atoms. The largest absolute Gasteiger partial charge is 0.598 e. The van der Waals surface area contributed by atoms with Gasteiger partial charge in [-0.2, -0.15) is 0 Å². The van der Waals surface area contributed by atoms with Crippen LogP contribution in [0.4, 0.5) is 8.78 Å². The molecule has 0 saturated heterocycles. The highest BCUT2D eigenvalue weighted by atomic mass is 32.2. The van der Waals surface area contributed by atoms with Crippen molar-refractivity contribution in [1.29, 1.82) is 0 Å². The van der Waals surface area contributed by atoms with Crippen molar-refractivity contribution in [1.82, 2.24) is 9.71 Å². The van der Waals surface area contributed by atoms with Crippen molar-refractivity contribution >= 4 is 17.3 Å². The van der Waals surface area contributed by atoms with Crippen LogP contribution in [0.3, 0.4) is 0 Å². The van der Waals surface area contributed by atoms with E-state index in [9.17, 15) is 18.1 Å². The number of rotatable bonds is 7. The molecular weight excluding hydrogens is 410 g/mol. The van der Waals surface area contributed by atoms with Gasteiger partial charge >= 0.3 is 5.97 Å². The van der Waals surface area contributed by atoms with E-state index < -0.39 is 40.2 Å². The summed E-state index contributed by atoms with van der Waals surface area (Å²) in [7, 11) is 1.24. The average molecular weight is 439 g/mol. The summed E-state index contributed by atoms with van der Waals surface area (Å²) in [5.41, 5.74) is 3.09. The van der Waals surface area contributed by atoms with E-state index in [0.29, 0.717) is 5.56 Å². The fourth-order valence-corrected chi connectivity index (χ4v) is 3.86. The molecule has 0 aliphatic rings. The number of aromatic nitrogens is 1. The minimum Gasteiger partial charge on any atom is -0.598 e. The first-order valence-electron chi connectivity index (χ1n) is 9.55. The van der Waals surface area contributed by atoms with E-state index in [1.54, 1.807) is 26.8 Å². The summed E-state index contributed by atoms with van der Waals surface area (Å²) in [6.45, 7) is 9.13. The molecule has 0 aliphatic heterocycles. The summed E-state index contributed by atoms with van der Waals surface area (Å²) in [5, 5.41) is 0. The van der Waals surface area contributed by atoms with Crippen LogP contribution in [-0.4, -0.2) is 27.4 Å². The van der Waals surface area contributed by atoms with Gasteiger partial charge in [-0.15, -0.1) is 4.72 Å². The second kappa shape index (κ2) is 9.85. The van der Waals surface area contributed by atoms with Gasteiger partial charge in [0.2, 0.25) is 0 Å². The number of alkyl halides is 2. The molecule has 0 saturated carbocycles. The number of hydrogen-bond donors (Lipinski definition) is 1. The van der Waals surface area contributed by atoms with Gasteiger partial charge < -0.3 is 9.29 Å². The molecule has 164 valence electrons. The van der Waals surface area contributed by atoms with Gasteiger partial charge in [-0.25, -0.2) is 13.8 Å². The lowest BCUT2D eigenvalue weighted by atomic mass is 9.94. The Morgan fingerprint density at radius 3 is 2.27 bits per heavy atom. The predicted octanol–water partition coefficient (Wildman–Crippen LogP) is 4.96. The van der Waals surface area contributed by atoms with Crippen LogP contribution in [-0.2, 0) is 20.9 Å². The highest BCUT2D eigenvalue weighted by molar-refractivity contribution is 7.90. The smallest absolute Gasteiger partial charge is 0.307 e. The fraction of sp³-hybridized carbons (Fsp3) is 0.455. The van der Waals surface area contributed by atoms with Crippen LogP contribution in [0, 0.1) is 13.8 Å². The molecule has 0 aliphatic carbocycles. The number of esters is 1. The maximum absolute atomic E-state index is 13.7. The molecule has 0 unspecified atom stereocenters. The average Bonchev–Trinajstić information content (AvgIpc) is 2.66. The van der Waals surface area contributed by atoms with Crippen molar-refractivity contribution in [3.8, 4) is 11.1 Å². The molecule has 5 nitrogen and oxygen atoms in total. The van der Waals surface area contributed by atoms with Crippen LogP contribution >= 0.6 is 0 Å². The number of nitrogens with zero attached hydrogens (tertiary/aromatic N) is 1. The first-order chi connectivity index (χ1) is 13.9. The Hall–Kier alpha value is -2.03. The number of hydrogen-bond acceptors (Lipinski definition) is 5. The minimum atomic E-state index is -2.79. The summed E-state index contributed by atoms with van der Waals surface area (Å²) in [4.78, 5) is 16.1. The molecule has 0 amide bonds. The highest BCUT2D eigenvalue weighted by Crippen LogP contribution is 2.33. The number of ether oxygens (including phenoxy) is 1. The molecular formula is C22H28F2N2O3S. The number of carbonyl (C=O) groups excluding carboxylic acids is 1. The van der Waals surface area contributed by atoms with Gasteiger partial charge in [-0.05, 0) is 69.0 Å². The van der Waals surface area contributed by atoms with Crippen LogP contribution in [0.1, 0.15) is 62.2 Å². The predicted molar refractivity (Wildman–Crippen MR) is 115 cm³/mol. The molecule has 0 radical (unpaired) electrons. The topological polar surface area (TPSA) is 74.3 Å². The van der Waals surface area contributed by atoms with Gasteiger partial charge in [0, 0.05) is 11.4 Å². The van der Waals surface area contributed by atoms with Crippen molar-refractivity contribution in [3.05, 3.63) is 52.8 Å². The Morgan fingerprint density at radius 1 is 1.20 bits per heavy atom. The number of nitrogens with one attached hydrogen (secondary N) is 1. The summed E-state index contributed by atoms with van der Waals surface area (Å²) >= 11 is -1.55. The molecule has 1 heterocycles.